The molecule has 1 aliphatic carbocycles. The smallest absolute Gasteiger partial charge is 0.0544 e. The summed E-state index contributed by atoms with van der Waals surface area (Å²) in [4.78, 5) is 0. The highest BCUT2D eigenvalue weighted by molar-refractivity contribution is 6.11. The Balaban J connectivity index is 1.46. The van der Waals surface area contributed by atoms with Gasteiger partial charge in [-0.25, -0.2) is 0 Å². The molecular weight excluding hydrogens is 386 g/mol. The van der Waals surface area contributed by atoms with Crippen LogP contribution >= 0.6 is 0 Å². The topological polar surface area (TPSA) is 4.93 Å². The van der Waals surface area contributed by atoms with Crippen LogP contribution in [-0.4, -0.2) is 4.57 Å². The van der Waals surface area contributed by atoms with E-state index in [0.717, 1.165) is 6.42 Å². The molecule has 0 unspecified atom stereocenters. The summed E-state index contributed by atoms with van der Waals surface area (Å²) in [6.07, 6.45) is 1.01. The normalized spacial score (nSPS) is 12.2. The van der Waals surface area contributed by atoms with E-state index in [0.29, 0.717) is 0 Å². The number of hydrogen-bond donors (Lipinski definition) is 0. The molecule has 0 fully saturated rings. The fourth-order valence-corrected chi connectivity index (χ4v) is 5.31. The predicted octanol–water partition coefficient (Wildman–Crippen LogP) is 8.02. The van der Waals surface area contributed by atoms with Gasteiger partial charge in [-0.2, -0.15) is 0 Å². The second-order valence-electron chi connectivity index (χ2n) is 8.63. The first-order valence-electron chi connectivity index (χ1n) is 11.2. The van der Waals surface area contributed by atoms with Crippen LogP contribution in [0.5, 0.6) is 0 Å². The number of para-hydroxylation sites is 1. The zero-order valence-corrected chi connectivity index (χ0v) is 17.6. The summed E-state index contributed by atoms with van der Waals surface area (Å²) < 4.78 is 2.42. The van der Waals surface area contributed by atoms with Crippen molar-refractivity contribution < 1.29 is 0 Å². The van der Waals surface area contributed by atoms with Gasteiger partial charge >= 0.3 is 0 Å². The number of rotatable bonds is 2. The Kier molecular flexibility index (Phi) is 3.68. The molecule has 0 spiro atoms. The van der Waals surface area contributed by atoms with Gasteiger partial charge in [0.2, 0.25) is 0 Å². The first kappa shape index (κ1) is 17.6. The van der Waals surface area contributed by atoms with E-state index in [9.17, 15) is 0 Å². The Labute approximate surface area is 187 Å². The van der Waals surface area contributed by atoms with Gasteiger partial charge in [0.15, 0.2) is 0 Å². The third kappa shape index (κ3) is 2.52. The van der Waals surface area contributed by atoms with Crippen molar-refractivity contribution in [1.82, 2.24) is 4.57 Å². The van der Waals surface area contributed by atoms with Gasteiger partial charge in [-0.3, -0.25) is 0 Å². The highest BCUT2D eigenvalue weighted by Crippen LogP contribution is 2.42. The Morgan fingerprint density at radius 1 is 0.469 bits per heavy atom. The minimum absolute atomic E-state index is 1.01. The third-order valence-electron chi connectivity index (χ3n) is 6.82. The summed E-state index contributed by atoms with van der Waals surface area (Å²) in [7, 11) is 0. The SMILES string of the molecule is c1ccc(-c2ccc(-n3c4ccccc4c4cc5c(cc43)Cc3ccccc3-5)cc2)cc1. The van der Waals surface area contributed by atoms with E-state index in [-0.39, 0.29) is 0 Å². The monoisotopic (exact) mass is 407 g/mol. The Bertz CT molecular complexity index is 1620. The molecule has 0 radical (unpaired) electrons. The summed E-state index contributed by atoms with van der Waals surface area (Å²) in [6, 6.07) is 41.9. The van der Waals surface area contributed by atoms with Gasteiger partial charge in [0.05, 0.1) is 11.0 Å². The van der Waals surface area contributed by atoms with Crippen LogP contribution in [0.25, 0.3) is 49.7 Å². The van der Waals surface area contributed by atoms with E-state index >= 15 is 0 Å². The van der Waals surface area contributed by atoms with Gasteiger partial charge in [0, 0.05) is 16.5 Å². The second kappa shape index (κ2) is 6.70. The van der Waals surface area contributed by atoms with E-state index in [4.69, 9.17) is 0 Å². The predicted molar refractivity (Wildman–Crippen MR) is 134 cm³/mol. The maximum Gasteiger partial charge on any atom is 0.0544 e. The van der Waals surface area contributed by atoms with Crippen LogP contribution in [0.15, 0.2) is 115 Å². The molecule has 0 atom stereocenters. The molecule has 0 aliphatic heterocycles. The van der Waals surface area contributed by atoms with E-state index in [1.165, 1.54) is 60.9 Å². The lowest BCUT2D eigenvalue weighted by Gasteiger charge is -2.10. The molecule has 7 rings (SSSR count). The average molecular weight is 408 g/mol. The molecule has 0 amide bonds. The Morgan fingerprint density at radius 3 is 2.06 bits per heavy atom. The summed E-state index contributed by atoms with van der Waals surface area (Å²) in [5, 5.41) is 2.63. The zero-order valence-electron chi connectivity index (χ0n) is 17.6. The van der Waals surface area contributed by atoms with Gasteiger partial charge in [-0.15, -0.1) is 0 Å². The van der Waals surface area contributed by atoms with Crippen LogP contribution < -0.4 is 0 Å². The lowest BCUT2D eigenvalue weighted by molar-refractivity contribution is 1.17. The van der Waals surface area contributed by atoms with Crippen molar-refractivity contribution in [3.8, 4) is 27.9 Å². The highest BCUT2D eigenvalue weighted by Gasteiger charge is 2.21. The van der Waals surface area contributed by atoms with Crippen LogP contribution in [0.1, 0.15) is 11.1 Å². The molecule has 6 aromatic rings. The minimum atomic E-state index is 1.01. The van der Waals surface area contributed by atoms with E-state index in [2.05, 4.69) is 120 Å². The van der Waals surface area contributed by atoms with Crippen LogP contribution in [0, 0.1) is 0 Å². The second-order valence-corrected chi connectivity index (χ2v) is 8.63. The molecule has 1 heterocycles. The number of aromatic nitrogens is 1. The number of nitrogens with zero attached hydrogens (tertiary/aromatic N) is 1. The van der Waals surface area contributed by atoms with Crippen molar-refractivity contribution >= 4 is 21.8 Å². The van der Waals surface area contributed by atoms with Gasteiger partial charge in [0.1, 0.15) is 0 Å². The zero-order chi connectivity index (χ0) is 21.1. The summed E-state index contributed by atoms with van der Waals surface area (Å²) in [5.74, 6) is 0. The molecule has 5 aromatic carbocycles. The first-order valence-corrected chi connectivity index (χ1v) is 11.2. The Hall–Kier alpha value is -4.10. The number of hydrogen-bond acceptors (Lipinski definition) is 0. The third-order valence-corrected chi connectivity index (χ3v) is 6.82. The molecular formula is C31H21N. The van der Waals surface area contributed by atoms with Crippen molar-refractivity contribution in [3.63, 3.8) is 0 Å². The largest absolute Gasteiger partial charge is 0.309 e. The first-order chi connectivity index (χ1) is 15.9. The van der Waals surface area contributed by atoms with Gasteiger partial charge in [-0.1, -0.05) is 84.9 Å². The lowest BCUT2D eigenvalue weighted by atomic mass is 10.0. The number of fused-ring (bicyclic) bond motifs is 6. The standard InChI is InChI=1S/C31H21N/c1-2-8-21(9-3-1)22-14-16-25(17-15-22)32-30-13-7-6-12-27(30)29-20-28-24(19-31(29)32)18-23-10-4-5-11-26(23)28/h1-17,19-20H,18H2. The van der Waals surface area contributed by atoms with Crippen LogP contribution in [0.4, 0.5) is 0 Å². The molecule has 0 N–H and O–H groups in total. The molecule has 32 heavy (non-hydrogen) atoms. The maximum absolute atomic E-state index is 2.42. The van der Waals surface area contributed by atoms with E-state index < -0.39 is 0 Å². The lowest BCUT2D eigenvalue weighted by Crippen LogP contribution is -1.94. The van der Waals surface area contributed by atoms with E-state index in [1.54, 1.807) is 0 Å². The van der Waals surface area contributed by atoms with Gasteiger partial charge in [0.25, 0.3) is 0 Å². The van der Waals surface area contributed by atoms with Gasteiger partial charge in [-0.05, 0) is 70.1 Å². The summed E-state index contributed by atoms with van der Waals surface area (Å²) in [5.41, 5.74) is 11.8. The molecule has 1 aromatic heterocycles. The van der Waals surface area contributed by atoms with Crippen LogP contribution in [0.3, 0.4) is 0 Å². The quantitative estimate of drug-likeness (QED) is 0.273. The molecule has 1 nitrogen and oxygen atoms in total. The Morgan fingerprint density at radius 2 is 1.19 bits per heavy atom. The minimum Gasteiger partial charge on any atom is -0.309 e. The molecule has 1 heteroatoms. The van der Waals surface area contributed by atoms with Gasteiger partial charge < -0.3 is 4.57 Å². The molecule has 0 saturated heterocycles. The van der Waals surface area contributed by atoms with Crippen LogP contribution in [-0.2, 0) is 6.42 Å². The molecule has 0 bridgehead atoms. The molecule has 0 saturated carbocycles. The summed E-state index contributed by atoms with van der Waals surface area (Å²) in [6.45, 7) is 0. The fraction of sp³-hybridized carbons (Fsp3) is 0.0323. The average Bonchev–Trinajstić information content (AvgIpc) is 3.38. The van der Waals surface area contributed by atoms with E-state index in [1.807, 2.05) is 0 Å². The molecule has 150 valence electrons. The summed E-state index contributed by atoms with van der Waals surface area (Å²) >= 11 is 0. The van der Waals surface area contributed by atoms with Crippen molar-refractivity contribution in [2.24, 2.45) is 0 Å². The molecule has 1 aliphatic rings. The van der Waals surface area contributed by atoms with Crippen molar-refractivity contribution in [2.75, 3.05) is 0 Å². The van der Waals surface area contributed by atoms with Crippen molar-refractivity contribution in [3.05, 3.63) is 126 Å². The van der Waals surface area contributed by atoms with Crippen LogP contribution in [0.2, 0.25) is 0 Å². The maximum atomic E-state index is 2.42. The fourth-order valence-electron chi connectivity index (χ4n) is 5.31. The van der Waals surface area contributed by atoms with Crippen molar-refractivity contribution in [2.45, 2.75) is 6.42 Å². The number of benzene rings is 5. The highest BCUT2D eigenvalue weighted by atomic mass is 15.0. The van der Waals surface area contributed by atoms with Crippen molar-refractivity contribution in [1.29, 1.82) is 0 Å².